The van der Waals surface area contributed by atoms with E-state index in [1.807, 2.05) is 0 Å². The number of hydroxylamine groups is 2. The second-order valence-corrected chi connectivity index (χ2v) is 13.0. The van der Waals surface area contributed by atoms with Gasteiger partial charge in [-0.3, -0.25) is 19.2 Å². The van der Waals surface area contributed by atoms with Crippen molar-refractivity contribution in [3.05, 3.63) is 108 Å². The fourth-order valence-corrected chi connectivity index (χ4v) is 6.31. The number of carbonyl (C=O) groups excluding carboxylic acids is 4. The minimum atomic E-state index is -0.736. The Labute approximate surface area is 313 Å². The van der Waals surface area contributed by atoms with Gasteiger partial charge in [0.05, 0.1) is 26.4 Å². The van der Waals surface area contributed by atoms with Crippen LogP contribution in [0.2, 0.25) is 0 Å². The number of amides is 3. The molecule has 10 nitrogen and oxygen atoms in total. The van der Waals surface area contributed by atoms with E-state index >= 15 is 0 Å². The molecule has 2 aliphatic rings. The number of halogens is 2. The number of nitrogens with zero attached hydrogens (tertiary/aromatic N) is 1. The molecule has 6 rings (SSSR count). The minimum absolute atomic E-state index is 0.280. The molecule has 2 atom stereocenters. The normalized spacial score (nSPS) is 17.8. The van der Waals surface area contributed by atoms with Crippen molar-refractivity contribution in [3.8, 4) is 33.8 Å². The first-order chi connectivity index (χ1) is 26.2. The highest BCUT2D eigenvalue weighted by atomic mass is 19.1. The predicted molar refractivity (Wildman–Crippen MR) is 200 cm³/mol. The van der Waals surface area contributed by atoms with Crippen LogP contribution in [-0.4, -0.2) is 68.5 Å². The summed E-state index contributed by atoms with van der Waals surface area (Å²) < 4.78 is 40.4. The van der Waals surface area contributed by atoms with E-state index in [0.717, 1.165) is 49.9 Å². The molecule has 0 radical (unpaired) electrons. The molecule has 2 heterocycles. The van der Waals surface area contributed by atoms with Crippen molar-refractivity contribution < 1.29 is 42.3 Å². The van der Waals surface area contributed by atoms with E-state index < -0.39 is 29.6 Å². The van der Waals surface area contributed by atoms with Crippen molar-refractivity contribution in [2.45, 2.75) is 63.5 Å². The van der Waals surface area contributed by atoms with E-state index in [1.165, 1.54) is 26.3 Å². The average molecular weight is 742 g/mol. The predicted octanol–water partition coefficient (Wildman–Crippen LogP) is 7.31. The van der Waals surface area contributed by atoms with Gasteiger partial charge in [0.1, 0.15) is 35.5 Å². The van der Waals surface area contributed by atoms with Crippen LogP contribution in [0, 0.1) is 11.6 Å². The maximum Gasteiger partial charge on any atom is 0.268 e. The third-order valence-corrected chi connectivity index (χ3v) is 9.30. The molecule has 0 saturated heterocycles. The average Bonchev–Trinajstić information content (AvgIpc) is 3.19. The Balaban J connectivity index is 0.000000210. The van der Waals surface area contributed by atoms with Gasteiger partial charge in [-0.05, 0) is 98.2 Å². The fraction of sp³-hybridized carbons (Fsp3) is 0.333. The van der Waals surface area contributed by atoms with Gasteiger partial charge in [0.25, 0.3) is 17.7 Å². The summed E-state index contributed by atoms with van der Waals surface area (Å²) in [5.74, 6) is -0.891. The van der Waals surface area contributed by atoms with Crippen LogP contribution in [0.1, 0.15) is 72.1 Å². The van der Waals surface area contributed by atoms with Gasteiger partial charge in [0.15, 0.2) is 0 Å². The van der Waals surface area contributed by atoms with E-state index in [1.54, 1.807) is 72.8 Å². The zero-order valence-corrected chi connectivity index (χ0v) is 30.4. The highest BCUT2D eigenvalue weighted by Crippen LogP contribution is 2.32. The number of hydrogen-bond acceptors (Lipinski definition) is 7. The maximum atomic E-state index is 14.6. The van der Waals surface area contributed by atoms with E-state index in [0.29, 0.717) is 65.4 Å². The molecule has 2 N–H and O–H groups in total. The number of hydrogen-bond donors (Lipinski definition) is 2. The Kier molecular flexibility index (Phi) is 14.3. The highest BCUT2D eigenvalue weighted by Gasteiger charge is 2.26. The van der Waals surface area contributed by atoms with Crippen molar-refractivity contribution in [2.75, 3.05) is 27.4 Å². The van der Waals surface area contributed by atoms with Crippen LogP contribution in [0.15, 0.2) is 84.9 Å². The Bertz CT molecular complexity index is 1940. The molecule has 4 aromatic carbocycles. The van der Waals surface area contributed by atoms with Crippen molar-refractivity contribution in [3.63, 3.8) is 0 Å². The monoisotopic (exact) mass is 741 g/mol. The van der Waals surface area contributed by atoms with Crippen LogP contribution in [0.4, 0.5) is 8.78 Å². The largest absolute Gasteiger partial charge is 0.494 e. The third kappa shape index (κ3) is 10.3. The second kappa shape index (κ2) is 19.5. The first-order valence-electron chi connectivity index (χ1n) is 18.1. The molecular weight excluding hydrogens is 696 g/mol. The summed E-state index contributed by atoms with van der Waals surface area (Å²) in [4.78, 5) is 54.5. The van der Waals surface area contributed by atoms with Crippen molar-refractivity contribution >= 4 is 24.0 Å². The quantitative estimate of drug-likeness (QED) is 0.167. The number of nitrogens with one attached hydrogen (secondary N) is 2. The van der Waals surface area contributed by atoms with E-state index in [-0.39, 0.29) is 17.4 Å². The van der Waals surface area contributed by atoms with Gasteiger partial charge < -0.3 is 24.9 Å². The molecule has 0 aromatic heterocycles. The summed E-state index contributed by atoms with van der Waals surface area (Å²) in [7, 11) is 2.90. The van der Waals surface area contributed by atoms with E-state index in [9.17, 15) is 28.0 Å². The molecule has 2 aliphatic heterocycles. The SMILES string of the molecule is CON(C)C(=O)[C@@H]1CCCCCOc2ccc(F)c(c2)-c2ccccc2C(=O)N1.O=C[C@@H]1CCCCCOc2ccc(F)c(c2)-c2ccccc2C(=O)N1. The smallest absolute Gasteiger partial charge is 0.268 e. The fourth-order valence-electron chi connectivity index (χ4n) is 6.31. The van der Waals surface area contributed by atoms with Gasteiger partial charge in [-0.15, -0.1) is 0 Å². The molecule has 4 aromatic rings. The first-order valence-corrected chi connectivity index (χ1v) is 18.1. The summed E-state index contributed by atoms with van der Waals surface area (Å²) in [6, 6.07) is 21.3. The zero-order chi connectivity index (χ0) is 38.5. The van der Waals surface area contributed by atoms with Gasteiger partial charge in [-0.25, -0.2) is 13.8 Å². The molecule has 4 bridgehead atoms. The van der Waals surface area contributed by atoms with Crippen LogP contribution in [0.3, 0.4) is 0 Å². The zero-order valence-electron chi connectivity index (χ0n) is 30.4. The molecular formula is C42H45F2N3O7. The number of aldehydes is 1. The van der Waals surface area contributed by atoms with Crippen LogP contribution in [-0.2, 0) is 14.4 Å². The standard InChI is InChI=1S/C22H25FN2O4.C20H20FNO3/c1-25(28-2)22(27)20-10-4-3-7-13-29-15-11-12-19(23)18(14-15)16-8-5-6-9-17(16)21(26)24-20;21-19-10-9-15-12-18(19)16-7-3-4-8-17(16)20(24)22-14(13-23)6-2-1-5-11-25-15/h5-6,8-9,11-12,14,20H,3-4,7,10,13H2,1-2H3,(H,24,26);3-4,7-10,12-14H,1-2,5-6,11H2,(H,22,24)/t20-;14-/m00/s1. The molecule has 0 aliphatic carbocycles. The summed E-state index contributed by atoms with van der Waals surface area (Å²) in [5, 5.41) is 6.65. The van der Waals surface area contributed by atoms with Crippen LogP contribution >= 0.6 is 0 Å². The van der Waals surface area contributed by atoms with Crippen LogP contribution in [0.5, 0.6) is 11.5 Å². The Morgan fingerprint density at radius 2 is 1.17 bits per heavy atom. The summed E-state index contributed by atoms with van der Waals surface area (Å²) in [6.07, 6.45) is 6.73. The summed E-state index contributed by atoms with van der Waals surface area (Å²) in [6.45, 7) is 1.03. The van der Waals surface area contributed by atoms with Crippen molar-refractivity contribution in [1.29, 1.82) is 0 Å². The van der Waals surface area contributed by atoms with Crippen molar-refractivity contribution in [2.24, 2.45) is 0 Å². The minimum Gasteiger partial charge on any atom is -0.494 e. The molecule has 0 spiro atoms. The summed E-state index contributed by atoms with van der Waals surface area (Å²) in [5.41, 5.74) is 2.13. The Morgan fingerprint density at radius 1 is 0.685 bits per heavy atom. The first kappa shape index (κ1) is 39.6. The Hall–Kier alpha value is -5.62. The highest BCUT2D eigenvalue weighted by molar-refractivity contribution is 6.03. The lowest BCUT2D eigenvalue weighted by Gasteiger charge is -2.23. The number of carbonyl (C=O) groups is 4. The number of rotatable bonds is 3. The molecule has 0 fully saturated rings. The van der Waals surface area contributed by atoms with Gasteiger partial charge in [-0.2, -0.15) is 0 Å². The van der Waals surface area contributed by atoms with Crippen molar-refractivity contribution in [1.82, 2.24) is 15.7 Å². The molecule has 12 heteroatoms. The molecule has 3 amide bonds. The van der Waals surface area contributed by atoms with E-state index in [2.05, 4.69) is 10.6 Å². The molecule has 0 unspecified atom stereocenters. The second-order valence-electron chi connectivity index (χ2n) is 13.0. The Morgan fingerprint density at radius 3 is 1.67 bits per heavy atom. The number of fused-ring (bicyclic) bond motifs is 8. The van der Waals surface area contributed by atoms with Gasteiger partial charge in [-0.1, -0.05) is 49.2 Å². The summed E-state index contributed by atoms with van der Waals surface area (Å²) >= 11 is 0. The molecule has 54 heavy (non-hydrogen) atoms. The van der Waals surface area contributed by atoms with Gasteiger partial charge in [0.2, 0.25) is 0 Å². The molecule has 0 saturated carbocycles. The lowest BCUT2D eigenvalue weighted by molar-refractivity contribution is -0.171. The topological polar surface area (TPSA) is 123 Å². The number of ether oxygens (including phenoxy) is 2. The number of benzene rings is 4. The lowest BCUT2D eigenvalue weighted by atomic mass is 9.97. The van der Waals surface area contributed by atoms with Gasteiger partial charge >= 0.3 is 0 Å². The van der Waals surface area contributed by atoms with E-state index in [4.69, 9.17) is 14.3 Å². The lowest BCUT2D eigenvalue weighted by Crippen LogP contribution is -2.47. The van der Waals surface area contributed by atoms with Gasteiger partial charge in [0, 0.05) is 29.3 Å². The molecule has 284 valence electrons. The van der Waals surface area contributed by atoms with Crippen LogP contribution < -0.4 is 20.1 Å². The van der Waals surface area contributed by atoms with Crippen LogP contribution in [0.25, 0.3) is 22.3 Å². The number of likely N-dealkylation sites (N-methyl/N-ethyl adjacent to an activating group) is 1. The third-order valence-electron chi connectivity index (χ3n) is 9.30. The maximum absolute atomic E-state index is 14.6.